The predicted octanol–water partition coefficient (Wildman–Crippen LogP) is 4.03. The Morgan fingerprint density at radius 1 is 1.23 bits per heavy atom. The van der Waals surface area contributed by atoms with Gasteiger partial charge in [-0.05, 0) is 43.2 Å². The van der Waals surface area contributed by atoms with E-state index in [1.165, 1.54) is 0 Å². The summed E-state index contributed by atoms with van der Waals surface area (Å²) >= 11 is 1.67. The smallest absolute Gasteiger partial charge is 0.226 e. The van der Waals surface area contributed by atoms with E-state index in [0.29, 0.717) is 31.0 Å². The molecule has 0 atom stereocenters. The van der Waals surface area contributed by atoms with Gasteiger partial charge in [0.1, 0.15) is 0 Å². The maximum Gasteiger partial charge on any atom is 0.226 e. The van der Waals surface area contributed by atoms with Crippen molar-refractivity contribution in [3.8, 4) is 0 Å². The minimum atomic E-state index is -0.0178. The third kappa shape index (κ3) is 5.70. The number of carbonyl (C=O) groups is 1. The van der Waals surface area contributed by atoms with Crippen LogP contribution in [0.15, 0.2) is 58.2 Å². The molecule has 134 valence electrons. The van der Waals surface area contributed by atoms with Gasteiger partial charge in [-0.15, -0.1) is 11.8 Å². The molecule has 6 nitrogen and oxygen atoms in total. The molecule has 0 aliphatic heterocycles. The first-order valence-corrected chi connectivity index (χ1v) is 9.39. The highest BCUT2D eigenvalue weighted by Gasteiger charge is 2.07. The lowest BCUT2D eigenvalue weighted by atomic mass is 10.2. The molecule has 0 unspecified atom stereocenters. The maximum atomic E-state index is 12.1. The van der Waals surface area contributed by atoms with E-state index in [9.17, 15) is 4.79 Å². The van der Waals surface area contributed by atoms with E-state index in [2.05, 4.69) is 20.4 Å². The number of anilines is 1. The summed E-state index contributed by atoms with van der Waals surface area (Å²) in [6.45, 7) is 1.78. The number of thioether (sulfide) groups is 1. The standard InChI is InChI=1S/C19H20N4O2S/c1-14-21-18(25-23-14)9-5-8-17(24)22-16-7-4-6-15(12-16)13-26-19-10-2-3-11-20-19/h2-4,6-7,10-12H,5,8-9,13H2,1H3,(H,22,24). The summed E-state index contributed by atoms with van der Waals surface area (Å²) in [7, 11) is 0. The molecule has 0 spiro atoms. The Bertz CT molecular complexity index is 852. The van der Waals surface area contributed by atoms with Gasteiger partial charge in [0.15, 0.2) is 5.82 Å². The zero-order chi connectivity index (χ0) is 18.2. The van der Waals surface area contributed by atoms with Crippen LogP contribution in [0.25, 0.3) is 0 Å². The Labute approximate surface area is 156 Å². The molecule has 0 radical (unpaired) electrons. The average Bonchev–Trinajstić information content (AvgIpc) is 3.06. The van der Waals surface area contributed by atoms with Crippen molar-refractivity contribution in [2.24, 2.45) is 0 Å². The molecule has 0 fully saturated rings. The Morgan fingerprint density at radius 3 is 2.92 bits per heavy atom. The van der Waals surface area contributed by atoms with Crippen LogP contribution in [0.3, 0.4) is 0 Å². The van der Waals surface area contributed by atoms with Crippen LogP contribution in [-0.4, -0.2) is 21.0 Å². The van der Waals surface area contributed by atoms with Gasteiger partial charge < -0.3 is 9.84 Å². The molecule has 1 N–H and O–H groups in total. The third-order valence-electron chi connectivity index (χ3n) is 3.60. The van der Waals surface area contributed by atoms with Crippen LogP contribution in [0.1, 0.15) is 30.1 Å². The minimum Gasteiger partial charge on any atom is -0.339 e. The number of pyridine rings is 1. The van der Waals surface area contributed by atoms with Crippen LogP contribution in [0.2, 0.25) is 0 Å². The van der Waals surface area contributed by atoms with Gasteiger partial charge in [-0.2, -0.15) is 4.98 Å². The SMILES string of the molecule is Cc1noc(CCCC(=O)Nc2cccc(CSc3ccccn3)c2)n1. The van der Waals surface area contributed by atoms with Gasteiger partial charge in [-0.3, -0.25) is 4.79 Å². The summed E-state index contributed by atoms with van der Waals surface area (Å²) in [5.74, 6) is 1.97. The van der Waals surface area contributed by atoms with Crippen molar-refractivity contribution in [1.82, 2.24) is 15.1 Å². The molecule has 2 aromatic heterocycles. The van der Waals surface area contributed by atoms with Crippen molar-refractivity contribution in [2.75, 3.05) is 5.32 Å². The lowest BCUT2D eigenvalue weighted by molar-refractivity contribution is -0.116. The van der Waals surface area contributed by atoms with Gasteiger partial charge in [0.25, 0.3) is 0 Å². The van der Waals surface area contributed by atoms with Crippen LogP contribution in [0, 0.1) is 6.92 Å². The van der Waals surface area contributed by atoms with Crippen LogP contribution in [0.4, 0.5) is 5.69 Å². The molecule has 1 amide bonds. The molecule has 26 heavy (non-hydrogen) atoms. The summed E-state index contributed by atoms with van der Waals surface area (Å²) in [6.07, 6.45) is 3.47. The van der Waals surface area contributed by atoms with E-state index in [-0.39, 0.29) is 5.91 Å². The fourth-order valence-corrected chi connectivity index (χ4v) is 3.20. The van der Waals surface area contributed by atoms with E-state index in [4.69, 9.17) is 4.52 Å². The Hall–Kier alpha value is -2.67. The topological polar surface area (TPSA) is 80.9 Å². The van der Waals surface area contributed by atoms with E-state index in [1.807, 2.05) is 42.5 Å². The van der Waals surface area contributed by atoms with Crippen LogP contribution in [-0.2, 0) is 17.0 Å². The summed E-state index contributed by atoms with van der Waals surface area (Å²) < 4.78 is 5.04. The van der Waals surface area contributed by atoms with Crippen LogP contribution < -0.4 is 5.32 Å². The van der Waals surface area contributed by atoms with Gasteiger partial charge in [-0.1, -0.05) is 23.4 Å². The number of amides is 1. The van der Waals surface area contributed by atoms with Gasteiger partial charge in [-0.25, -0.2) is 4.98 Å². The number of benzene rings is 1. The molecule has 0 aliphatic carbocycles. The molecule has 0 aliphatic rings. The zero-order valence-corrected chi connectivity index (χ0v) is 15.3. The summed E-state index contributed by atoms with van der Waals surface area (Å²) in [4.78, 5) is 20.5. The van der Waals surface area contributed by atoms with E-state index >= 15 is 0 Å². The normalized spacial score (nSPS) is 10.7. The van der Waals surface area contributed by atoms with Gasteiger partial charge in [0.05, 0.1) is 5.03 Å². The molecule has 3 rings (SSSR count). The first-order valence-electron chi connectivity index (χ1n) is 8.41. The number of carbonyl (C=O) groups excluding carboxylic acids is 1. The van der Waals surface area contributed by atoms with Crippen molar-refractivity contribution in [2.45, 2.75) is 37.0 Å². The fraction of sp³-hybridized carbons (Fsp3) is 0.263. The minimum absolute atomic E-state index is 0.0178. The molecule has 7 heteroatoms. The van der Waals surface area contributed by atoms with E-state index in [1.54, 1.807) is 24.9 Å². The number of nitrogens with zero attached hydrogens (tertiary/aromatic N) is 3. The molecule has 0 saturated carbocycles. The van der Waals surface area contributed by atoms with Crippen molar-refractivity contribution in [1.29, 1.82) is 0 Å². The summed E-state index contributed by atoms with van der Waals surface area (Å²) in [6, 6.07) is 13.8. The Kier molecular flexibility index (Phi) is 6.38. The number of aromatic nitrogens is 3. The van der Waals surface area contributed by atoms with Crippen molar-refractivity contribution in [3.05, 3.63) is 65.9 Å². The van der Waals surface area contributed by atoms with Gasteiger partial charge >= 0.3 is 0 Å². The second-order valence-corrected chi connectivity index (χ2v) is 6.79. The maximum absolute atomic E-state index is 12.1. The molecule has 1 aromatic carbocycles. The first-order chi connectivity index (χ1) is 12.7. The van der Waals surface area contributed by atoms with Crippen molar-refractivity contribution >= 4 is 23.4 Å². The quantitative estimate of drug-likeness (QED) is 0.605. The summed E-state index contributed by atoms with van der Waals surface area (Å²) in [5.41, 5.74) is 1.95. The molecule has 3 aromatic rings. The average molecular weight is 368 g/mol. The largest absolute Gasteiger partial charge is 0.339 e. The molecule has 2 heterocycles. The lowest BCUT2D eigenvalue weighted by Gasteiger charge is -2.07. The van der Waals surface area contributed by atoms with E-state index < -0.39 is 0 Å². The van der Waals surface area contributed by atoms with E-state index in [0.717, 1.165) is 22.0 Å². The second-order valence-electron chi connectivity index (χ2n) is 5.79. The van der Waals surface area contributed by atoms with Crippen molar-refractivity contribution in [3.63, 3.8) is 0 Å². The predicted molar refractivity (Wildman–Crippen MR) is 101 cm³/mol. The Balaban J connectivity index is 1.45. The van der Waals surface area contributed by atoms with Crippen LogP contribution >= 0.6 is 11.8 Å². The number of hydrogen-bond acceptors (Lipinski definition) is 6. The highest BCUT2D eigenvalue weighted by molar-refractivity contribution is 7.98. The molecule has 0 bridgehead atoms. The molecule has 0 saturated heterocycles. The number of aryl methyl sites for hydroxylation is 2. The van der Waals surface area contributed by atoms with Crippen molar-refractivity contribution < 1.29 is 9.32 Å². The monoisotopic (exact) mass is 368 g/mol. The highest BCUT2D eigenvalue weighted by atomic mass is 32.2. The number of hydrogen-bond donors (Lipinski definition) is 1. The lowest BCUT2D eigenvalue weighted by Crippen LogP contribution is -2.11. The summed E-state index contributed by atoms with van der Waals surface area (Å²) in [5, 5.41) is 7.66. The van der Waals surface area contributed by atoms with Gasteiger partial charge in [0.2, 0.25) is 11.8 Å². The Morgan fingerprint density at radius 2 is 2.15 bits per heavy atom. The van der Waals surface area contributed by atoms with Gasteiger partial charge in [0, 0.05) is 30.5 Å². The molecular weight excluding hydrogens is 348 g/mol. The number of nitrogens with one attached hydrogen (secondary N) is 1. The zero-order valence-electron chi connectivity index (χ0n) is 14.5. The number of rotatable bonds is 8. The first kappa shape index (κ1) is 18.1. The third-order valence-corrected chi connectivity index (χ3v) is 4.61. The second kappa shape index (κ2) is 9.15. The van der Waals surface area contributed by atoms with Crippen LogP contribution in [0.5, 0.6) is 0 Å². The highest BCUT2D eigenvalue weighted by Crippen LogP contribution is 2.22. The fourth-order valence-electron chi connectivity index (χ4n) is 2.39. The molecular formula is C19H20N4O2S.